The number of hydrogen-bond acceptors (Lipinski definition) is 3. The summed E-state index contributed by atoms with van der Waals surface area (Å²) in [6.07, 6.45) is 3.43. The number of carbonyl (C=O) groups excluding carboxylic acids is 1. The fraction of sp³-hybridized carbons (Fsp3) is 0.917. The number of carbonyl (C=O) groups is 1. The van der Waals surface area contributed by atoms with Gasteiger partial charge in [-0.1, -0.05) is 13.8 Å². The maximum absolute atomic E-state index is 11.5. The zero-order chi connectivity index (χ0) is 11.3. The molecule has 0 radical (unpaired) electrons. The monoisotopic (exact) mass is 212 g/mol. The molecule has 0 unspecified atom stereocenters. The van der Waals surface area contributed by atoms with Crippen molar-refractivity contribution in [1.29, 1.82) is 0 Å². The Bertz CT molecular complexity index is 198. The van der Waals surface area contributed by atoms with Gasteiger partial charge in [0.25, 0.3) is 0 Å². The van der Waals surface area contributed by atoms with E-state index in [1.807, 2.05) is 0 Å². The molecule has 1 atom stereocenters. The normalized spacial score (nSPS) is 20.5. The van der Waals surface area contributed by atoms with Crippen molar-refractivity contribution in [3.63, 3.8) is 0 Å². The molecule has 0 aromatic rings. The first-order chi connectivity index (χ1) is 7.09. The van der Waals surface area contributed by atoms with Gasteiger partial charge in [0.15, 0.2) is 0 Å². The Kier molecular flexibility index (Phi) is 5.26. The lowest BCUT2D eigenvalue weighted by atomic mass is 9.89. The van der Waals surface area contributed by atoms with Crippen LogP contribution >= 0.6 is 0 Å². The van der Waals surface area contributed by atoms with Crippen LogP contribution in [0.3, 0.4) is 0 Å². The summed E-state index contributed by atoms with van der Waals surface area (Å²) in [5.41, 5.74) is 0. The van der Waals surface area contributed by atoms with Gasteiger partial charge < -0.3 is 10.6 Å². The minimum Gasteiger partial charge on any atom is -0.317 e. The fourth-order valence-corrected chi connectivity index (χ4v) is 2.20. The maximum Gasteiger partial charge on any atom is 0.146 e. The van der Waals surface area contributed by atoms with Crippen LogP contribution in [0.4, 0.5) is 0 Å². The second kappa shape index (κ2) is 6.23. The summed E-state index contributed by atoms with van der Waals surface area (Å²) in [6.45, 7) is 8.10. The average Bonchev–Trinajstić information content (AvgIpc) is 2.17. The summed E-state index contributed by atoms with van der Waals surface area (Å²) in [5, 5.41) is 6.71. The third-order valence-corrected chi connectivity index (χ3v) is 3.05. The van der Waals surface area contributed by atoms with E-state index in [9.17, 15) is 4.79 Å². The highest BCUT2D eigenvalue weighted by molar-refractivity contribution is 5.81. The van der Waals surface area contributed by atoms with E-state index in [2.05, 4.69) is 24.5 Å². The van der Waals surface area contributed by atoms with Gasteiger partial charge in [-0.25, -0.2) is 0 Å². The molecule has 0 saturated carbocycles. The first-order valence-electron chi connectivity index (χ1n) is 6.06. The highest BCUT2D eigenvalue weighted by atomic mass is 16.1. The molecule has 0 aromatic carbocycles. The third-order valence-electron chi connectivity index (χ3n) is 3.05. The molecule has 1 aliphatic rings. The molecular weight excluding hydrogens is 188 g/mol. The molecule has 0 bridgehead atoms. The number of Topliss-reactive ketones (excluding diaryl/α,β-unsaturated/α-hetero) is 1. The molecule has 0 aromatic heterocycles. The Morgan fingerprint density at radius 1 is 1.40 bits per heavy atom. The van der Waals surface area contributed by atoms with Crippen molar-refractivity contribution >= 4 is 5.78 Å². The zero-order valence-corrected chi connectivity index (χ0v) is 10.2. The molecule has 3 heteroatoms. The van der Waals surface area contributed by atoms with E-state index in [-0.39, 0.29) is 11.8 Å². The number of ketones is 1. The van der Waals surface area contributed by atoms with Gasteiger partial charge in [-0.05, 0) is 45.2 Å². The largest absolute Gasteiger partial charge is 0.317 e. The summed E-state index contributed by atoms with van der Waals surface area (Å²) in [4.78, 5) is 11.5. The zero-order valence-electron chi connectivity index (χ0n) is 10.2. The van der Waals surface area contributed by atoms with Crippen LogP contribution in [0.5, 0.6) is 0 Å². The van der Waals surface area contributed by atoms with E-state index in [1.54, 1.807) is 6.92 Å². The Balaban J connectivity index is 2.38. The van der Waals surface area contributed by atoms with E-state index in [0.29, 0.717) is 12.0 Å². The van der Waals surface area contributed by atoms with Gasteiger partial charge in [0.2, 0.25) is 0 Å². The molecule has 15 heavy (non-hydrogen) atoms. The molecule has 3 nitrogen and oxygen atoms in total. The highest BCUT2D eigenvalue weighted by Gasteiger charge is 2.21. The minimum atomic E-state index is 0.0631. The third kappa shape index (κ3) is 4.76. The fourth-order valence-electron chi connectivity index (χ4n) is 2.20. The Labute approximate surface area is 93.0 Å². The number of hydrogen-bond donors (Lipinski definition) is 2. The molecule has 1 saturated heterocycles. The lowest BCUT2D eigenvalue weighted by Gasteiger charge is -2.27. The van der Waals surface area contributed by atoms with E-state index in [0.717, 1.165) is 19.5 Å². The molecule has 1 aliphatic heterocycles. The smallest absolute Gasteiger partial charge is 0.146 e. The van der Waals surface area contributed by atoms with Gasteiger partial charge in [-0.3, -0.25) is 4.79 Å². The Morgan fingerprint density at radius 3 is 2.47 bits per heavy atom. The standard InChI is InChI=1S/C12H24N2O/c1-9(2)14-12(10(3)15)8-11-4-6-13-7-5-11/h9,11-14H,4-8H2,1-3H3/t12-/m0/s1. The van der Waals surface area contributed by atoms with Gasteiger partial charge >= 0.3 is 0 Å². The van der Waals surface area contributed by atoms with Crippen molar-refractivity contribution in [2.45, 2.75) is 52.1 Å². The quantitative estimate of drug-likeness (QED) is 0.722. The van der Waals surface area contributed by atoms with Gasteiger partial charge in [-0.15, -0.1) is 0 Å². The van der Waals surface area contributed by atoms with Crippen molar-refractivity contribution in [1.82, 2.24) is 10.6 Å². The van der Waals surface area contributed by atoms with Crippen molar-refractivity contribution in [2.75, 3.05) is 13.1 Å². The van der Waals surface area contributed by atoms with Gasteiger partial charge in [0, 0.05) is 6.04 Å². The van der Waals surface area contributed by atoms with Crippen LogP contribution in [-0.4, -0.2) is 31.0 Å². The van der Waals surface area contributed by atoms with Crippen molar-refractivity contribution in [2.24, 2.45) is 5.92 Å². The van der Waals surface area contributed by atoms with Crippen LogP contribution in [-0.2, 0) is 4.79 Å². The topological polar surface area (TPSA) is 41.1 Å². The van der Waals surface area contributed by atoms with E-state index in [1.165, 1.54) is 12.8 Å². The number of nitrogens with one attached hydrogen (secondary N) is 2. The number of rotatable bonds is 5. The molecule has 1 heterocycles. The predicted octanol–water partition coefficient (Wildman–Crippen LogP) is 1.33. The van der Waals surface area contributed by atoms with E-state index >= 15 is 0 Å². The van der Waals surface area contributed by atoms with Crippen LogP contribution in [0, 0.1) is 5.92 Å². The molecule has 1 rings (SSSR count). The summed E-state index contributed by atoms with van der Waals surface area (Å²) < 4.78 is 0. The highest BCUT2D eigenvalue weighted by Crippen LogP contribution is 2.18. The second-order valence-electron chi connectivity index (χ2n) is 4.91. The Morgan fingerprint density at radius 2 is 2.00 bits per heavy atom. The van der Waals surface area contributed by atoms with Crippen LogP contribution in [0.15, 0.2) is 0 Å². The first kappa shape index (κ1) is 12.7. The molecule has 1 fully saturated rings. The summed E-state index contributed by atoms with van der Waals surface area (Å²) in [6, 6.07) is 0.453. The van der Waals surface area contributed by atoms with Crippen molar-refractivity contribution < 1.29 is 4.79 Å². The van der Waals surface area contributed by atoms with Crippen molar-refractivity contribution in [3.05, 3.63) is 0 Å². The van der Waals surface area contributed by atoms with E-state index < -0.39 is 0 Å². The maximum atomic E-state index is 11.5. The minimum absolute atomic E-state index is 0.0631. The van der Waals surface area contributed by atoms with Gasteiger partial charge in [-0.2, -0.15) is 0 Å². The van der Waals surface area contributed by atoms with Crippen LogP contribution in [0.2, 0.25) is 0 Å². The molecule has 2 N–H and O–H groups in total. The number of piperidine rings is 1. The van der Waals surface area contributed by atoms with Crippen LogP contribution < -0.4 is 10.6 Å². The molecule has 0 spiro atoms. The SMILES string of the molecule is CC(=O)[C@H](CC1CCNCC1)NC(C)C. The predicted molar refractivity (Wildman–Crippen MR) is 63.0 cm³/mol. The van der Waals surface area contributed by atoms with E-state index in [4.69, 9.17) is 0 Å². The summed E-state index contributed by atoms with van der Waals surface area (Å²) in [7, 11) is 0. The average molecular weight is 212 g/mol. The second-order valence-corrected chi connectivity index (χ2v) is 4.91. The molecule has 88 valence electrons. The molecular formula is C12H24N2O. The summed E-state index contributed by atoms with van der Waals surface area (Å²) in [5.74, 6) is 0.994. The van der Waals surface area contributed by atoms with Gasteiger partial charge in [0.05, 0.1) is 6.04 Å². The van der Waals surface area contributed by atoms with Crippen molar-refractivity contribution in [3.8, 4) is 0 Å². The molecule has 0 amide bonds. The van der Waals surface area contributed by atoms with Crippen LogP contribution in [0.25, 0.3) is 0 Å². The summed E-state index contributed by atoms with van der Waals surface area (Å²) >= 11 is 0. The first-order valence-corrected chi connectivity index (χ1v) is 6.06. The Hall–Kier alpha value is -0.410. The lowest BCUT2D eigenvalue weighted by Crippen LogP contribution is -2.42. The van der Waals surface area contributed by atoms with Crippen LogP contribution in [0.1, 0.15) is 40.0 Å². The van der Waals surface area contributed by atoms with Gasteiger partial charge in [0.1, 0.15) is 5.78 Å². The lowest BCUT2D eigenvalue weighted by molar-refractivity contribution is -0.119. The molecule has 0 aliphatic carbocycles.